The van der Waals surface area contributed by atoms with E-state index in [4.69, 9.17) is 5.11 Å². The molecule has 0 radical (unpaired) electrons. The quantitative estimate of drug-likeness (QED) is 0.782. The maximum atomic E-state index is 11.4. The zero-order valence-electron chi connectivity index (χ0n) is 8.28. The fourth-order valence-electron chi connectivity index (χ4n) is 0.790. The van der Waals surface area contributed by atoms with Crippen molar-refractivity contribution in [2.45, 2.75) is 13.8 Å². The first-order valence-electron chi connectivity index (χ1n) is 4.33. The lowest BCUT2D eigenvalue weighted by molar-refractivity contribution is 0.0915. The molecule has 0 aromatic carbocycles. The summed E-state index contributed by atoms with van der Waals surface area (Å²) in [5.74, 6) is -0.131. The van der Waals surface area contributed by atoms with E-state index in [0.29, 0.717) is 11.4 Å². The molecule has 78 valence electrons. The van der Waals surface area contributed by atoms with Crippen molar-refractivity contribution in [3.8, 4) is 0 Å². The first-order chi connectivity index (χ1) is 6.55. The number of carbonyl (C=O) groups is 1. The first-order valence-corrected chi connectivity index (χ1v) is 5.21. The van der Waals surface area contributed by atoms with Gasteiger partial charge in [-0.05, 0) is 0 Å². The van der Waals surface area contributed by atoms with E-state index in [0.717, 1.165) is 0 Å². The van der Waals surface area contributed by atoms with Crippen LogP contribution in [0.4, 0.5) is 0 Å². The molecule has 14 heavy (non-hydrogen) atoms. The zero-order valence-corrected chi connectivity index (χ0v) is 9.10. The number of nitrogens with one attached hydrogen (secondary N) is 1. The van der Waals surface area contributed by atoms with Crippen molar-refractivity contribution in [3.05, 3.63) is 16.6 Å². The Balaban J connectivity index is 2.43. The maximum absolute atomic E-state index is 11.4. The summed E-state index contributed by atoms with van der Waals surface area (Å²) < 4.78 is 0. The van der Waals surface area contributed by atoms with Crippen LogP contribution < -0.4 is 5.32 Å². The summed E-state index contributed by atoms with van der Waals surface area (Å²) in [5, 5.41) is 11.7. The molecule has 0 aliphatic rings. The van der Waals surface area contributed by atoms with Crippen molar-refractivity contribution in [2.24, 2.45) is 5.41 Å². The Kier molecular flexibility index (Phi) is 3.60. The SMILES string of the molecule is CC(C)(CO)CNC(=O)c1cncs1. The van der Waals surface area contributed by atoms with Gasteiger partial charge in [0.2, 0.25) is 0 Å². The molecular weight excluding hydrogens is 200 g/mol. The van der Waals surface area contributed by atoms with E-state index in [2.05, 4.69) is 10.3 Å². The van der Waals surface area contributed by atoms with Crippen LogP contribution in [0.25, 0.3) is 0 Å². The Bertz CT molecular complexity index is 296. The van der Waals surface area contributed by atoms with Crippen molar-refractivity contribution < 1.29 is 9.90 Å². The number of hydrogen-bond donors (Lipinski definition) is 2. The predicted molar refractivity (Wildman–Crippen MR) is 55.3 cm³/mol. The van der Waals surface area contributed by atoms with Gasteiger partial charge in [-0.25, -0.2) is 0 Å². The van der Waals surface area contributed by atoms with Crippen molar-refractivity contribution in [1.29, 1.82) is 0 Å². The third kappa shape index (κ3) is 3.08. The fraction of sp³-hybridized carbons (Fsp3) is 0.556. The van der Waals surface area contributed by atoms with Crippen LogP contribution in [0.2, 0.25) is 0 Å². The maximum Gasteiger partial charge on any atom is 0.263 e. The highest BCUT2D eigenvalue weighted by Gasteiger charge is 2.18. The average molecular weight is 214 g/mol. The molecule has 2 N–H and O–H groups in total. The molecule has 4 nitrogen and oxygen atoms in total. The Labute approximate surface area is 87.0 Å². The molecule has 1 aromatic heterocycles. The van der Waals surface area contributed by atoms with Crippen molar-refractivity contribution >= 4 is 17.2 Å². The molecule has 0 spiro atoms. The van der Waals surface area contributed by atoms with Gasteiger partial charge < -0.3 is 10.4 Å². The van der Waals surface area contributed by atoms with Crippen LogP contribution in [0, 0.1) is 5.41 Å². The topological polar surface area (TPSA) is 62.2 Å². The standard InChI is InChI=1S/C9H14N2O2S/c1-9(2,5-12)4-11-8(13)7-3-10-6-14-7/h3,6,12H,4-5H2,1-2H3,(H,11,13). The Morgan fingerprint density at radius 1 is 1.71 bits per heavy atom. The van der Waals surface area contributed by atoms with E-state index in [1.807, 2.05) is 13.8 Å². The van der Waals surface area contributed by atoms with E-state index < -0.39 is 0 Å². The van der Waals surface area contributed by atoms with Gasteiger partial charge in [-0.2, -0.15) is 0 Å². The second-order valence-corrected chi connectivity index (χ2v) is 4.76. The van der Waals surface area contributed by atoms with Crippen molar-refractivity contribution in [1.82, 2.24) is 10.3 Å². The molecule has 0 aliphatic carbocycles. The molecule has 5 heteroatoms. The molecular formula is C9H14N2O2S. The van der Waals surface area contributed by atoms with Crippen molar-refractivity contribution in [2.75, 3.05) is 13.2 Å². The summed E-state index contributed by atoms with van der Waals surface area (Å²) >= 11 is 1.30. The molecule has 1 aromatic rings. The van der Waals surface area contributed by atoms with Gasteiger partial charge in [0.05, 0.1) is 11.7 Å². The Hall–Kier alpha value is -0.940. The Morgan fingerprint density at radius 2 is 2.43 bits per heavy atom. The lowest BCUT2D eigenvalue weighted by Crippen LogP contribution is -2.35. The number of nitrogens with zero attached hydrogens (tertiary/aromatic N) is 1. The molecule has 1 rings (SSSR count). The minimum Gasteiger partial charge on any atom is -0.396 e. The molecule has 0 saturated carbocycles. The average Bonchev–Trinajstić information content (AvgIpc) is 2.67. The van der Waals surface area contributed by atoms with E-state index >= 15 is 0 Å². The molecule has 0 unspecified atom stereocenters. The summed E-state index contributed by atoms with van der Waals surface area (Å²) in [5.41, 5.74) is 1.34. The minimum absolute atomic E-state index is 0.0516. The second kappa shape index (κ2) is 4.52. The van der Waals surface area contributed by atoms with E-state index in [9.17, 15) is 4.79 Å². The van der Waals surface area contributed by atoms with Gasteiger partial charge in [-0.3, -0.25) is 9.78 Å². The summed E-state index contributed by atoms with van der Waals surface area (Å²) in [6, 6.07) is 0. The van der Waals surface area contributed by atoms with E-state index in [-0.39, 0.29) is 17.9 Å². The molecule has 0 aliphatic heterocycles. The van der Waals surface area contributed by atoms with Crippen LogP contribution in [0.5, 0.6) is 0 Å². The summed E-state index contributed by atoms with van der Waals surface area (Å²) in [6.07, 6.45) is 1.53. The largest absolute Gasteiger partial charge is 0.396 e. The molecule has 0 fully saturated rings. The fourth-order valence-corrected chi connectivity index (χ4v) is 1.33. The van der Waals surface area contributed by atoms with Gasteiger partial charge in [0.15, 0.2) is 0 Å². The highest BCUT2D eigenvalue weighted by atomic mass is 32.1. The van der Waals surface area contributed by atoms with Crippen LogP contribution in [-0.2, 0) is 0 Å². The third-order valence-electron chi connectivity index (χ3n) is 1.81. The van der Waals surface area contributed by atoms with Crippen LogP contribution in [0.1, 0.15) is 23.5 Å². The number of carbonyl (C=O) groups excluding carboxylic acids is 1. The van der Waals surface area contributed by atoms with Gasteiger partial charge in [-0.1, -0.05) is 13.8 Å². The van der Waals surface area contributed by atoms with Crippen LogP contribution >= 0.6 is 11.3 Å². The highest BCUT2D eigenvalue weighted by Crippen LogP contribution is 2.12. The predicted octanol–water partition coefficient (Wildman–Crippen LogP) is 0.891. The number of rotatable bonds is 4. The molecule has 1 heterocycles. The normalized spacial score (nSPS) is 11.4. The van der Waals surface area contributed by atoms with Gasteiger partial charge in [-0.15, -0.1) is 11.3 Å². The smallest absolute Gasteiger partial charge is 0.263 e. The number of aliphatic hydroxyl groups is 1. The van der Waals surface area contributed by atoms with Gasteiger partial charge in [0.25, 0.3) is 5.91 Å². The van der Waals surface area contributed by atoms with Gasteiger partial charge >= 0.3 is 0 Å². The first kappa shape index (κ1) is 11.1. The van der Waals surface area contributed by atoms with Gasteiger partial charge in [0.1, 0.15) is 4.88 Å². The number of thiazole rings is 1. The van der Waals surface area contributed by atoms with E-state index in [1.165, 1.54) is 17.5 Å². The minimum atomic E-state index is -0.277. The summed E-state index contributed by atoms with van der Waals surface area (Å²) in [4.78, 5) is 15.9. The number of aliphatic hydroxyl groups excluding tert-OH is 1. The monoisotopic (exact) mass is 214 g/mol. The third-order valence-corrected chi connectivity index (χ3v) is 2.58. The van der Waals surface area contributed by atoms with Crippen molar-refractivity contribution in [3.63, 3.8) is 0 Å². The number of aromatic nitrogens is 1. The summed E-state index contributed by atoms with van der Waals surface area (Å²) in [6.45, 7) is 4.29. The number of amides is 1. The van der Waals surface area contributed by atoms with Crippen LogP contribution in [-0.4, -0.2) is 29.1 Å². The number of hydrogen-bond acceptors (Lipinski definition) is 4. The van der Waals surface area contributed by atoms with Gasteiger partial charge in [0, 0.05) is 18.6 Å². The summed E-state index contributed by atoms with van der Waals surface area (Å²) in [7, 11) is 0. The van der Waals surface area contributed by atoms with Crippen LogP contribution in [0.15, 0.2) is 11.7 Å². The molecule has 0 bridgehead atoms. The van der Waals surface area contributed by atoms with E-state index in [1.54, 1.807) is 5.51 Å². The second-order valence-electron chi connectivity index (χ2n) is 3.87. The highest BCUT2D eigenvalue weighted by molar-refractivity contribution is 7.11. The van der Waals surface area contributed by atoms with Crippen LogP contribution in [0.3, 0.4) is 0 Å². The molecule has 0 saturated heterocycles. The Morgan fingerprint density at radius 3 is 2.93 bits per heavy atom. The lowest BCUT2D eigenvalue weighted by atomic mass is 9.95. The zero-order chi connectivity index (χ0) is 10.6. The molecule has 1 amide bonds. The lowest BCUT2D eigenvalue weighted by Gasteiger charge is -2.21. The molecule has 0 atom stereocenters.